The quantitative estimate of drug-likeness (QED) is 0.736. The Bertz CT molecular complexity index is 586. The molecule has 0 radical (unpaired) electrons. The summed E-state index contributed by atoms with van der Waals surface area (Å²) in [6.45, 7) is 2.14. The van der Waals surface area contributed by atoms with Crippen LogP contribution in [-0.2, 0) is 9.53 Å². The van der Waals surface area contributed by atoms with Gasteiger partial charge in [0.25, 0.3) is 5.91 Å². The number of esters is 1. The lowest BCUT2D eigenvalue weighted by Crippen LogP contribution is -2.30. The van der Waals surface area contributed by atoms with E-state index in [2.05, 4.69) is 5.32 Å². The van der Waals surface area contributed by atoms with Crippen molar-refractivity contribution in [3.05, 3.63) is 22.7 Å². The SMILES string of the molecule is CCCOc1c(Cl)cc(C(=O)OCC(=O)NC2CC2)cc1OC. The zero-order chi connectivity index (χ0) is 16.8. The summed E-state index contributed by atoms with van der Waals surface area (Å²) >= 11 is 6.14. The van der Waals surface area contributed by atoms with Gasteiger partial charge in [-0.05, 0) is 31.4 Å². The Hall–Kier alpha value is -1.95. The maximum absolute atomic E-state index is 12.0. The van der Waals surface area contributed by atoms with E-state index in [4.69, 9.17) is 25.8 Å². The minimum Gasteiger partial charge on any atom is -0.493 e. The van der Waals surface area contributed by atoms with Gasteiger partial charge < -0.3 is 19.5 Å². The zero-order valence-electron chi connectivity index (χ0n) is 13.2. The molecule has 6 nitrogen and oxygen atoms in total. The van der Waals surface area contributed by atoms with Crippen LogP contribution in [0.3, 0.4) is 0 Å². The van der Waals surface area contributed by atoms with Crippen LogP contribution in [-0.4, -0.2) is 38.2 Å². The summed E-state index contributed by atoms with van der Waals surface area (Å²) in [6, 6.07) is 3.15. The number of benzene rings is 1. The molecule has 1 N–H and O–H groups in total. The first-order valence-corrected chi connectivity index (χ1v) is 7.89. The van der Waals surface area contributed by atoms with Crippen molar-refractivity contribution in [1.29, 1.82) is 0 Å². The van der Waals surface area contributed by atoms with Crippen LogP contribution in [0.4, 0.5) is 0 Å². The van der Waals surface area contributed by atoms with Crippen molar-refractivity contribution >= 4 is 23.5 Å². The number of rotatable bonds is 8. The van der Waals surface area contributed by atoms with E-state index in [0.29, 0.717) is 18.1 Å². The van der Waals surface area contributed by atoms with Crippen LogP contribution >= 0.6 is 11.6 Å². The van der Waals surface area contributed by atoms with Crippen LogP contribution in [0.25, 0.3) is 0 Å². The number of methoxy groups -OCH3 is 1. The van der Waals surface area contributed by atoms with Gasteiger partial charge in [0.1, 0.15) is 0 Å². The predicted octanol–water partition coefficient (Wildman–Crippen LogP) is 2.57. The highest BCUT2D eigenvalue weighted by Crippen LogP contribution is 2.36. The molecule has 1 aliphatic rings. The molecule has 1 aromatic rings. The van der Waals surface area contributed by atoms with Gasteiger partial charge in [-0.2, -0.15) is 0 Å². The Kier molecular flexibility index (Phi) is 6.10. The van der Waals surface area contributed by atoms with Crippen molar-refractivity contribution in [3.8, 4) is 11.5 Å². The fourth-order valence-electron chi connectivity index (χ4n) is 1.89. The van der Waals surface area contributed by atoms with Gasteiger partial charge in [-0.1, -0.05) is 18.5 Å². The third kappa shape index (κ3) is 5.03. The Morgan fingerprint density at radius 2 is 2.09 bits per heavy atom. The molecule has 1 aromatic carbocycles. The number of carbonyl (C=O) groups excluding carboxylic acids is 2. The normalized spacial score (nSPS) is 13.3. The molecule has 126 valence electrons. The van der Waals surface area contributed by atoms with Gasteiger partial charge in [-0.25, -0.2) is 4.79 Å². The number of carbonyl (C=O) groups is 2. The van der Waals surface area contributed by atoms with E-state index in [1.807, 2.05) is 6.92 Å². The molecule has 0 spiro atoms. The van der Waals surface area contributed by atoms with Crippen molar-refractivity contribution in [2.45, 2.75) is 32.2 Å². The van der Waals surface area contributed by atoms with Gasteiger partial charge in [0.05, 0.1) is 24.3 Å². The van der Waals surface area contributed by atoms with Crippen LogP contribution < -0.4 is 14.8 Å². The Morgan fingerprint density at radius 3 is 2.70 bits per heavy atom. The molecule has 0 aliphatic heterocycles. The monoisotopic (exact) mass is 341 g/mol. The molecule has 0 saturated heterocycles. The number of nitrogens with one attached hydrogen (secondary N) is 1. The highest BCUT2D eigenvalue weighted by atomic mass is 35.5. The second-order valence-electron chi connectivity index (χ2n) is 5.26. The lowest BCUT2D eigenvalue weighted by atomic mass is 10.2. The van der Waals surface area contributed by atoms with Crippen molar-refractivity contribution in [3.63, 3.8) is 0 Å². The largest absolute Gasteiger partial charge is 0.493 e. The van der Waals surface area contributed by atoms with Crippen LogP contribution in [0, 0.1) is 0 Å². The molecular formula is C16H20ClNO5. The van der Waals surface area contributed by atoms with Gasteiger partial charge in [-0.3, -0.25) is 4.79 Å². The fraction of sp³-hybridized carbons (Fsp3) is 0.500. The highest BCUT2D eigenvalue weighted by Gasteiger charge is 2.24. The van der Waals surface area contributed by atoms with E-state index in [1.165, 1.54) is 19.2 Å². The minimum atomic E-state index is -0.641. The molecule has 1 saturated carbocycles. The third-order valence-corrected chi connectivity index (χ3v) is 3.47. The summed E-state index contributed by atoms with van der Waals surface area (Å²) < 4.78 is 15.7. The number of amides is 1. The first kappa shape index (κ1) is 17.4. The molecule has 0 bridgehead atoms. The van der Waals surface area contributed by atoms with Crippen LogP contribution in [0.15, 0.2) is 12.1 Å². The smallest absolute Gasteiger partial charge is 0.338 e. The Morgan fingerprint density at radius 1 is 1.35 bits per heavy atom. The van der Waals surface area contributed by atoms with Crippen molar-refractivity contribution in [1.82, 2.24) is 5.32 Å². The van der Waals surface area contributed by atoms with Gasteiger partial charge in [0.15, 0.2) is 18.1 Å². The van der Waals surface area contributed by atoms with Crippen LogP contribution in [0.5, 0.6) is 11.5 Å². The predicted molar refractivity (Wildman–Crippen MR) is 85.2 cm³/mol. The molecule has 1 aliphatic carbocycles. The summed E-state index contributed by atoms with van der Waals surface area (Å²) in [5.74, 6) is -0.209. The van der Waals surface area contributed by atoms with Crippen molar-refractivity contribution in [2.75, 3.05) is 20.3 Å². The third-order valence-electron chi connectivity index (χ3n) is 3.19. The lowest BCUT2D eigenvalue weighted by molar-refractivity contribution is -0.124. The summed E-state index contributed by atoms with van der Waals surface area (Å²) in [5.41, 5.74) is 0.204. The number of ether oxygens (including phenoxy) is 3. The molecule has 1 fully saturated rings. The van der Waals surface area contributed by atoms with E-state index >= 15 is 0 Å². The summed E-state index contributed by atoms with van der Waals surface area (Å²) in [5, 5.41) is 3.00. The Labute approximate surface area is 140 Å². The molecule has 0 aromatic heterocycles. The van der Waals surface area contributed by atoms with E-state index in [9.17, 15) is 9.59 Å². The van der Waals surface area contributed by atoms with Gasteiger partial charge in [0, 0.05) is 6.04 Å². The van der Waals surface area contributed by atoms with E-state index in [1.54, 1.807) is 0 Å². The molecule has 1 amide bonds. The molecule has 7 heteroatoms. The topological polar surface area (TPSA) is 73.9 Å². The van der Waals surface area contributed by atoms with Gasteiger partial charge >= 0.3 is 5.97 Å². The van der Waals surface area contributed by atoms with Crippen LogP contribution in [0.1, 0.15) is 36.5 Å². The average molecular weight is 342 g/mol. The zero-order valence-corrected chi connectivity index (χ0v) is 13.9. The van der Waals surface area contributed by atoms with E-state index < -0.39 is 5.97 Å². The van der Waals surface area contributed by atoms with Crippen molar-refractivity contribution < 1.29 is 23.8 Å². The second-order valence-corrected chi connectivity index (χ2v) is 5.66. The van der Waals surface area contributed by atoms with Gasteiger partial charge in [0.2, 0.25) is 0 Å². The summed E-state index contributed by atoms with van der Waals surface area (Å²) in [4.78, 5) is 23.6. The molecule has 23 heavy (non-hydrogen) atoms. The molecule has 0 unspecified atom stereocenters. The summed E-state index contributed by atoms with van der Waals surface area (Å²) in [7, 11) is 1.46. The maximum Gasteiger partial charge on any atom is 0.338 e. The van der Waals surface area contributed by atoms with Gasteiger partial charge in [-0.15, -0.1) is 0 Å². The highest BCUT2D eigenvalue weighted by molar-refractivity contribution is 6.32. The standard InChI is InChI=1S/C16H20ClNO5/c1-3-6-22-15-12(17)7-10(8-13(15)21-2)16(20)23-9-14(19)18-11-4-5-11/h7-8,11H,3-6,9H2,1-2H3,(H,18,19). The molecule has 0 atom stereocenters. The average Bonchev–Trinajstić information content (AvgIpc) is 3.34. The molecule has 2 rings (SSSR count). The maximum atomic E-state index is 12.0. The van der Waals surface area contributed by atoms with E-state index in [-0.39, 0.29) is 29.1 Å². The molecule has 0 heterocycles. The number of halogens is 1. The van der Waals surface area contributed by atoms with Crippen LogP contribution in [0.2, 0.25) is 5.02 Å². The lowest BCUT2D eigenvalue weighted by Gasteiger charge is -2.13. The summed E-state index contributed by atoms with van der Waals surface area (Å²) in [6.07, 6.45) is 2.77. The van der Waals surface area contributed by atoms with Crippen molar-refractivity contribution in [2.24, 2.45) is 0 Å². The number of hydrogen-bond acceptors (Lipinski definition) is 5. The number of hydrogen-bond donors (Lipinski definition) is 1. The minimum absolute atomic E-state index is 0.204. The second kappa shape index (κ2) is 8.06. The van der Waals surface area contributed by atoms with E-state index in [0.717, 1.165) is 19.3 Å². The first-order chi connectivity index (χ1) is 11.0. The fourth-order valence-corrected chi connectivity index (χ4v) is 2.16. The first-order valence-electron chi connectivity index (χ1n) is 7.52. The Balaban J connectivity index is 2.01. The molecular weight excluding hydrogens is 322 g/mol.